The first-order valence-corrected chi connectivity index (χ1v) is 5.46. The highest BCUT2D eigenvalue weighted by atomic mass is 16.5. The van der Waals surface area contributed by atoms with Gasteiger partial charge in [-0.15, -0.1) is 0 Å². The van der Waals surface area contributed by atoms with E-state index in [1.54, 1.807) is 6.92 Å². The van der Waals surface area contributed by atoms with E-state index in [0.717, 1.165) is 0 Å². The van der Waals surface area contributed by atoms with Crippen LogP contribution in [0.1, 0.15) is 39.4 Å². The van der Waals surface area contributed by atoms with Crippen molar-refractivity contribution in [1.29, 1.82) is 0 Å². The Labute approximate surface area is 103 Å². The average Bonchev–Trinajstić information content (AvgIpc) is 2.60. The second kappa shape index (κ2) is 4.30. The standard InChI is InChI=1S/C12H13NO5/c1-3-13-10(14)6-4-5-7(12(16)17)9(18-2)8(6)11(13)15/h4-5,11,15H,3H2,1-2H3,(H,16,17). The highest BCUT2D eigenvalue weighted by molar-refractivity contribution is 6.02. The maximum absolute atomic E-state index is 12.0. The van der Waals surface area contributed by atoms with Gasteiger partial charge in [-0.05, 0) is 19.1 Å². The van der Waals surface area contributed by atoms with E-state index < -0.39 is 12.2 Å². The number of carbonyl (C=O) groups is 2. The van der Waals surface area contributed by atoms with Crippen LogP contribution in [-0.4, -0.2) is 40.6 Å². The van der Waals surface area contributed by atoms with Gasteiger partial charge in [-0.3, -0.25) is 4.79 Å². The van der Waals surface area contributed by atoms with E-state index in [-0.39, 0.29) is 28.3 Å². The minimum Gasteiger partial charge on any atom is -0.495 e. The molecule has 6 nitrogen and oxygen atoms in total. The Morgan fingerprint density at radius 3 is 2.67 bits per heavy atom. The summed E-state index contributed by atoms with van der Waals surface area (Å²) in [5.41, 5.74) is 0.441. The third kappa shape index (κ3) is 1.53. The molecule has 1 unspecified atom stereocenters. The third-order valence-corrected chi connectivity index (χ3v) is 3.02. The fourth-order valence-corrected chi connectivity index (χ4v) is 2.17. The van der Waals surface area contributed by atoms with Gasteiger partial charge in [0.1, 0.15) is 11.3 Å². The first kappa shape index (κ1) is 12.4. The summed E-state index contributed by atoms with van der Waals surface area (Å²) >= 11 is 0. The summed E-state index contributed by atoms with van der Waals surface area (Å²) < 4.78 is 5.04. The molecule has 96 valence electrons. The van der Waals surface area contributed by atoms with Gasteiger partial charge in [0.05, 0.1) is 18.2 Å². The van der Waals surface area contributed by atoms with Gasteiger partial charge in [-0.25, -0.2) is 4.79 Å². The molecule has 0 radical (unpaired) electrons. The lowest BCUT2D eigenvalue weighted by molar-refractivity contribution is 0.0194. The average molecular weight is 251 g/mol. The summed E-state index contributed by atoms with van der Waals surface area (Å²) in [5, 5.41) is 19.1. The number of benzene rings is 1. The molecule has 0 fully saturated rings. The number of aliphatic hydroxyl groups is 1. The number of hydrogen-bond acceptors (Lipinski definition) is 4. The van der Waals surface area contributed by atoms with Crippen LogP contribution in [0.2, 0.25) is 0 Å². The van der Waals surface area contributed by atoms with Gasteiger partial charge in [-0.2, -0.15) is 0 Å². The summed E-state index contributed by atoms with van der Waals surface area (Å²) in [6.45, 7) is 2.07. The van der Waals surface area contributed by atoms with E-state index in [1.807, 2.05) is 0 Å². The van der Waals surface area contributed by atoms with E-state index >= 15 is 0 Å². The summed E-state index contributed by atoms with van der Waals surface area (Å²) in [6, 6.07) is 2.71. The predicted octanol–water partition coefficient (Wildman–Crippen LogP) is 0.860. The van der Waals surface area contributed by atoms with Crippen molar-refractivity contribution < 1.29 is 24.5 Å². The molecule has 18 heavy (non-hydrogen) atoms. The van der Waals surface area contributed by atoms with Gasteiger partial charge >= 0.3 is 5.97 Å². The lowest BCUT2D eigenvalue weighted by Gasteiger charge is -2.19. The number of amides is 1. The number of aromatic carboxylic acids is 1. The Kier molecular flexibility index (Phi) is 2.96. The second-order valence-electron chi connectivity index (χ2n) is 3.88. The van der Waals surface area contributed by atoms with E-state index in [1.165, 1.54) is 24.1 Å². The van der Waals surface area contributed by atoms with E-state index in [9.17, 15) is 14.7 Å². The SMILES string of the molecule is CCN1C(=O)c2ccc(C(=O)O)c(OC)c2C1O. The number of rotatable bonds is 3. The van der Waals surface area contributed by atoms with Crippen LogP contribution < -0.4 is 4.74 Å². The quantitative estimate of drug-likeness (QED) is 0.832. The molecule has 0 saturated carbocycles. The van der Waals surface area contributed by atoms with Crippen molar-refractivity contribution in [2.75, 3.05) is 13.7 Å². The molecule has 2 N–H and O–H groups in total. The fraction of sp³-hybridized carbons (Fsp3) is 0.333. The first-order chi connectivity index (χ1) is 8.52. The number of carboxylic acids is 1. The van der Waals surface area contributed by atoms with Crippen LogP contribution in [0.4, 0.5) is 0 Å². The van der Waals surface area contributed by atoms with Gasteiger partial charge < -0.3 is 19.8 Å². The van der Waals surface area contributed by atoms with Gasteiger partial charge in [0.15, 0.2) is 6.23 Å². The number of carbonyl (C=O) groups excluding carboxylic acids is 1. The third-order valence-electron chi connectivity index (χ3n) is 3.02. The fourth-order valence-electron chi connectivity index (χ4n) is 2.17. The highest BCUT2D eigenvalue weighted by Crippen LogP contribution is 2.39. The van der Waals surface area contributed by atoms with Crippen molar-refractivity contribution >= 4 is 11.9 Å². The normalized spacial score (nSPS) is 17.8. The summed E-state index contributed by atoms with van der Waals surface area (Å²) in [7, 11) is 1.31. The maximum atomic E-state index is 12.0. The topological polar surface area (TPSA) is 87.1 Å². The molecular formula is C12H13NO5. The Hall–Kier alpha value is -2.08. The summed E-state index contributed by atoms with van der Waals surface area (Å²) in [5.74, 6) is -1.45. The molecule has 1 aromatic carbocycles. The Morgan fingerprint density at radius 1 is 1.50 bits per heavy atom. The number of nitrogens with zero attached hydrogens (tertiary/aromatic N) is 1. The number of carboxylic acid groups (broad SMARTS) is 1. The molecule has 0 aromatic heterocycles. The molecule has 0 spiro atoms. The molecule has 1 atom stereocenters. The maximum Gasteiger partial charge on any atom is 0.339 e. The largest absolute Gasteiger partial charge is 0.495 e. The zero-order valence-electron chi connectivity index (χ0n) is 10.0. The number of fused-ring (bicyclic) bond motifs is 1. The van der Waals surface area contributed by atoms with E-state index in [0.29, 0.717) is 6.54 Å². The minimum absolute atomic E-state index is 0.0387. The molecule has 1 aromatic rings. The van der Waals surface area contributed by atoms with E-state index in [4.69, 9.17) is 9.84 Å². The van der Waals surface area contributed by atoms with Crippen LogP contribution in [0.25, 0.3) is 0 Å². The van der Waals surface area contributed by atoms with E-state index in [2.05, 4.69) is 0 Å². The molecule has 6 heteroatoms. The second-order valence-corrected chi connectivity index (χ2v) is 3.88. The van der Waals surface area contributed by atoms with Crippen molar-refractivity contribution in [3.8, 4) is 5.75 Å². The molecule has 1 heterocycles. The Morgan fingerprint density at radius 2 is 2.17 bits per heavy atom. The number of methoxy groups -OCH3 is 1. The van der Waals surface area contributed by atoms with Crippen LogP contribution in [0.3, 0.4) is 0 Å². The lowest BCUT2D eigenvalue weighted by Crippen LogP contribution is -2.27. The number of aliphatic hydroxyl groups excluding tert-OH is 1. The molecule has 0 saturated heterocycles. The minimum atomic E-state index is -1.16. The van der Waals surface area contributed by atoms with Crippen LogP contribution in [-0.2, 0) is 0 Å². The molecule has 0 bridgehead atoms. The zero-order valence-corrected chi connectivity index (χ0v) is 10.0. The number of ether oxygens (including phenoxy) is 1. The van der Waals surface area contributed by atoms with Crippen molar-refractivity contribution in [3.63, 3.8) is 0 Å². The molecule has 1 amide bonds. The summed E-state index contributed by atoms with van der Waals surface area (Å²) in [4.78, 5) is 24.3. The van der Waals surface area contributed by atoms with Crippen molar-refractivity contribution in [2.24, 2.45) is 0 Å². The van der Waals surface area contributed by atoms with Gasteiger partial charge in [0.2, 0.25) is 0 Å². The van der Waals surface area contributed by atoms with Gasteiger partial charge in [0.25, 0.3) is 5.91 Å². The van der Waals surface area contributed by atoms with Crippen molar-refractivity contribution in [3.05, 3.63) is 28.8 Å². The molecular weight excluding hydrogens is 238 g/mol. The molecule has 1 aliphatic rings. The predicted molar refractivity (Wildman–Crippen MR) is 61.6 cm³/mol. The van der Waals surface area contributed by atoms with Crippen LogP contribution in [0.5, 0.6) is 5.75 Å². The Balaban J connectivity index is 2.67. The van der Waals surface area contributed by atoms with Crippen LogP contribution in [0.15, 0.2) is 12.1 Å². The highest BCUT2D eigenvalue weighted by Gasteiger charge is 2.38. The zero-order chi connectivity index (χ0) is 13.4. The Bertz CT molecular complexity index is 525. The number of hydrogen-bond donors (Lipinski definition) is 2. The summed E-state index contributed by atoms with van der Waals surface area (Å²) in [6.07, 6.45) is -1.16. The molecule has 0 aliphatic carbocycles. The van der Waals surface area contributed by atoms with Crippen LogP contribution >= 0.6 is 0 Å². The molecule has 1 aliphatic heterocycles. The van der Waals surface area contributed by atoms with Gasteiger partial charge in [-0.1, -0.05) is 0 Å². The van der Waals surface area contributed by atoms with Crippen molar-refractivity contribution in [2.45, 2.75) is 13.2 Å². The smallest absolute Gasteiger partial charge is 0.339 e. The lowest BCUT2D eigenvalue weighted by atomic mass is 10.0. The van der Waals surface area contributed by atoms with Crippen molar-refractivity contribution in [1.82, 2.24) is 4.90 Å². The van der Waals surface area contributed by atoms with Crippen LogP contribution in [0, 0.1) is 0 Å². The van der Waals surface area contributed by atoms with Gasteiger partial charge in [0, 0.05) is 6.54 Å². The molecule has 2 rings (SSSR count). The first-order valence-electron chi connectivity index (χ1n) is 5.46. The monoisotopic (exact) mass is 251 g/mol.